The Balaban J connectivity index is 1.62. The lowest BCUT2D eigenvalue weighted by atomic mass is 9.92. The van der Waals surface area contributed by atoms with E-state index in [2.05, 4.69) is 5.32 Å². The second-order valence-corrected chi connectivity index (χ2v) is 7.06. The highest BCUT2D eigenvalue weighted by molar-refractivity contribution is 5.99. The van der Waals surface area contributed by atoms with E-state index in [0.29, 0.717) is 5.76 Å². The molecule has 0 spiro atoms. The summed E-state index contributed by atoms with van der Waals surface area (Å²) in [4.78, 5) is 15.0. The number of fused-ring (bicyclic) bond motifs is 2. The van der Waals surface area contributed by atoms with Crippen molar-refractivity contribution in [1.29, 1.82) is 0 Å². The molecule has 4 heteroatoms. The average molecular weight is 312 g/mol. The van der Waals surface area contributed by atoms with Gasteiger partial charge in [0.05, 0.1) is 0 Å². The summed E-state index contributed by atoms with van der Waals surface area (Å²) in [6.45, 7) is 7.92. The Morgan fingerprint density at radius 1 is 1.17 bits per heavy atom. The van der Waals surface area contributed by atoms with Crippen molar-refractivity contribution in [3.05, 3.63) is 35.1 Å². The van der Waals surface area contributed by atoms with Crippen molar-refractivity contribution in [1.82, 2.24) is 10.2 Å². The van der Waals surface area contributed by atoms with Crippen LogP contribution >= 0.6 is 0 Å². The van der Waals surface area contributed by atoms with Gasteiger partial charge in [-0.2, -0.15) is 0 Å². The molecule has 0 saturated carbocycles. The van der Waals surface area contributed by atoms with E-state index in [1.54, 1.807) is 0 Å². The van der Waals surface area contributed by atoms with Crippen LogP contribution in [0.2, 0.25) is 0 Å². The van der Waals surface area contributed by atoms with Gasteiger partial charge in [0.1, 0.15) is 5.58 Å². The van der Waals surface area contributed by atoms with Crippen LogP contribution in [0.5, 0.6) is 0 Å². The summed E-state index contributed by atoms with van der Waals surface area (Å²) in [5.41, 5.74) is 2.91. The minimum absolute atomic E-state index is 0.0611. The van der Waals surface area contributed by atoms with E-state index in [4.69, 9.17) is 4.42 Å². The Kier molecular flexibility index (Phi) is 3.64. The summed E-state index contributed by atoms with van der Waals surface area (Å²) >= 11 is 0. The van der Waals surface area contributed by atoms with Crippen LogP contribution in [0.1, 0.15) is 34.5 Å². The summed E-state index contributed by atoms with van der Waals surface area (Å²) in [7, 11) is 0. The van der Waals surface area contributed by atoms with Gasteiger partial charge in [-0.1, -0.05) is 18.2 Å². The largest absolute Gasteiger partial charge is 0.450 e. The predicted octanol–water partition coefficient (Wildman–Crippen LogP) is 3.12. The number of carbonyl (C=O) groups is 1. The van der Waals surface area contributed by atoms with Gasteiger partial charge < -0.3 is 14.6 Å². The maximum Gasteiger partial charge on any atom is 0.289 e. The van der Waals surface area contributed by atoms with Gasteiger partial charge in [0.2, 0.25) is 0 Å². The lowest BCUT2D eigenvalue weighted by Crippen LogP contribution is -2.32. The number of para-hydroxylation sites is 1. The molecular weight excluding hydrogens is 288 g/mol. The maximum atomic E-state index is 13.0. The molecule has 1 amide bonds. The standard InChI is InChI=1S/C19H24N2O2/c1-12-4-3-5-16-13(2)18(23-17(12)16)19(22)21-8-6-14-10-20-11-15(14)7-9-21/h3-5,14-15,20H,6-11H2,1-2H3/t14-,15+. The average Bonchev–Trinajstić information content (AvgIpc) is 3.07. The first-order chi connectivity index (χ1) is 11.1. The van der Waals surface area contributed by atoms with Crippen molar-refractivity contribution in [3.8, 4) is 0 Å². The fourth-order valence-electron chi connectivity index (χ4n) is 4.15. The third-order valence-corrected chi connectivity index (χ3v) is 5.66. The van der Waals surface area contributed by atoms with Crippen molar-refractivity contribution < 1.29 is 9.21 Å². The van der Waals surface area contributed by atoms with Crippen molar-refractivity contribution in [2.24, 2.45) is 11.8 Å². The van der Waals surface area contributed by atoms with Crippen LogP contribution < -0.4 is 5.32 Å². The van der Waals surface area contributed by atoms with E-state index in [-0.39, 0.29) is 5.91 Å². The first-order valence-corrected chi connectivity index (χ1v) is 8.64. The molecule has 2 saturated heterocycles. The second kappa shape index (κ2) is 5.68. The SMILES string of the molecule is Cc1c(C(=O)N2CC[C@@H]3CNC[C@@H]3CC2)oc2c(C)cccc12. The number of nitrogens with zero attached hydrogens (tertiary/aromatic N) is 1. The molecule has 2 aliphatic rings. The zero-order valence-corrected chi connectivity index (χ0v) is 13.9. The fraction of sp³-hybridized carbons (Fsp3) is 0.526. The van der Waals surface area contributed by atoms with E-state index in [1.807, 2.05) is 36.9 Å². The fourth-order valence-corrected chi connectivity index (χ4v) is 4.15. The summed E-state index contributed by atoms with van der Waals surface area (Å²) in [5, 5.41) is 4.54. The Morgan fingerprint density at radius 2 is 1.87 bits per heavy atom. The molecule has 2 fully saturated rings. The highest BCUT2D eigenvalue weighted by Crippen LogP contribution is 2.31. The van der Waals surface area contributed by atoms with Crippen molar-refractivity contribution >= 4 is 16.9 Å². The number of rotatable bonds is 1. The zero-order valence-electron chi connectivity index (χ0n) is 13.9. The van der Waals surface area contributed by atoms with E-state index >= 15 is 0 Å². The molecule has 1 aromatic heterocycles. The number of hydrogen-bond acceptors (Lipinski definition) is 3. The molecule has 0 radical (unpaired) electrons. The Hall–Kier alpha value is -1.81. The monoisotopic (exact) mass is 312 g/mol. The number of amides is 1. The second-order valence-electron chi connectivity index (χ2n) is 7.06. The minimum atomic E-state index is 0.0611. The molecule has 1 aromatic carbocycles. The number of aryl methyl sites for hydroxylation is 2. The molecule has 2 aliphatic heterocycles. The highest BCUT2D eigenvalue weighted by Gasteiger charge is 2.33. The number of hydrogen-bond donors (Lipinski definition) is 1. The maximum absolute atomic E-state index is 13.0. The molecule has 3 heterocycles. The predicted molar refractivity (Wildman–Crippen MR) is 90.7 cm³/mol. The van der Waals surface area contributed by atoms with Crippen molar-refractivity contribution in [2.75, 3.05) is 26.2 Å². The smallest absolute Gasteiger partial charge is 0.289 e. The first-order valence-electron chi connectivity index (χ1n) is 8.64. The van der Waals surface area contributed by atoms with Crippen LogP contribution in [0.15, 0.2) is 22.6 Å². The van der Waals surface area contributed by atoms with Crippen LogP contribution in [-0.4, -0.2) is 37.0 Å². The molecule has 0 unspecified atom stereocenters. The molecule has 0 bridgehead atoms. The molecule has 4 rings (SSSR count). The molecule has 2 atom stereocenters. The minimum Gasteiger partial charge on any atom is -0.450 e. The van der Waals surface area contributed by atoms with Gasteiger partial charge >= 0.3 is 0 Å². The molecule has 0 aliphatic carbocycles. The van der Waals surface area contributed by atoms with Gasteiger partial charge in [-0.05, 0) is 57.2 Å². The van der Waals surface area contributed by atoms with Crippen LogP contribution in [0.4, 0.5) is 0 Å². The first kappa shape index (κ1) is 14.8. The molecule has 122 valence electrons. The third-order valence-electron chi connectivity index (χ3n) is 5.66. The van der Waals surface area contributed by atoms with Crippen molar-refractivity contribution in [2.45, 2.75) is 26.7 Å². The Labute approximate surface area is 136 Å². The van der Waals surface area contributed by atoms with Gasteiger partial charge in [0, 0.05) is 24.0 Å². The normalized spacial score (nSPS) is 24.7. The lowest BCUT2D eigenvalue weighted by molar-refractivity contribution is 0.0728. The summed E-state index contributed by atoms with van der Waals surface area (Å²) in [5.74, 6) is 2.05. The van der Waals surface area contributed by atoms with E-state index in [1.165, 1.54) is 0 Å². The number of likely N-dealkylation sites (tertiary alicyclic amines) is 1. The molecule has 4 nitrogen and oxygen atoms in total. The van der Waals surface area contributed by atoms with E-state index < -0.39 is 0 Å². The highest BCUT2D eigenvalue weighted by atomic mass is 16.3. The summed E-state index contributed by atoms with van der Waals surface area (Å²) in [6.07, 6.45) is 2.20. The quantitative estimate of drug-likeness (QED) is 0.880. The van der Waals surface area contributed by atoms with Crippen molar-refractivity contribution in [3.63, 3.8) is 0 Å². The molecule has 1 N–H and O–H groups in total. The van der Waals surface area contributed by atoms with Crippen LogP contribution in [-0.2, 0) is 0 Å². The number of benzene rings is 1. The van der Waals surface area contributed by atoms with Gasteiger partial charge in [-0.25, -0.2) is 0 Å². The van der Waals surface area contributed by atoms with Gasteiger partial charge in [0.25, 0.3) is 5.91 Å². The van der Waals surface area contributed by atoms with Gasteiger partial charge in [0.15, 0.2) is 5.76 Å². The lowest BCUT2D eigenvalue weighted by Gasteiger charge is -2.20. The number of nitrogens with one attached hydrogen (secondary N) is 1. The number of furan rings is 1. The zero-order chi connectivity index (χ0) is 16.0. The van der Waals surface area contributed by atoms with E-state index in [0.717, 1.165) is 73.0 Å². The van der Waals surface area contributed by atoms with Crippen LogP contribution in [0, 0.1) is 25.7 Å². The van der Waals surface area contributed by atoms with Crippen LogP contribution in [0.25, 0.3) is 11.0 Å². The Bertz CT molecular complexity index is 735. The topological polar surface area (TPSA) is 45.5 Å². The summed E-state index contributed by atoms with van der Waals surface area (Å²) in [6, 6.07) is 6.09. The van der Waals surface area contributed by atoms with Gasteiger partial charge in [-0.3, -0.25) is 4.79 Å². The van der Waals surface area contributed by atoms with E-state index in [9.17, 15) is 4.79 Å². The molecule has 23 heavy (non-hydrogen) atoms. The molecular formula is C19H24N2O2. The summed E-state index contributed by atoms with van der Waals surface area (Å²) < 4.78 is 5.98. The Morgan fingerprint density at radius 3 is 2.52 bits per heavy atom. The van der Waals surface area contributed by atoms with Crippen LogP contribution in [0.3, 0.4) is 0 Å². The van der Waals surface area contributed by atoms with Gasteiger partial charge in [-0.15, -0.1) is 0 Å². The molecule has 2 aromatic rings. The third kappa shape index (κ3) is 2.45. The number of carbonyl (C=O) groups excluding carboxylic acids is 1.